The van der Waals surface area contributed by atoms with Gasteiger partial charge in [0.05, 0.1) is 5.69 Å². The highest BCUT2D eigenvalue weighted by atomic mass is 15.1. The van der Waals surface area contributed by atoms with Crippen LogP contribution in [0.3, 0.4) is 0 Å². The number of fused-ring (bicyclic) bond motifs is 9. The van der Waals surface area contributed by atoms with Crippen molar-refractivity contribution in [3.8, 4) is 33.4 Å². The van der Waals surface area contributed by atoms with Gasteiger partial charge < -0.3 is 4.90 Å². The summed E-state index contributed by atoms with van der Waals surface area (Å²) in [5, 5.41) is 10.2. The molecule has 264 valence electrons. The van der Waals surface area contributed by atoms with Crippen LogP contribution in [0, 0.1) is 0 Å². The Bertz CT molecular complexity index is 3160. The summed E-state index contributed by atoms with van der Waals surface area (Å²) in [6.07, 6.45) is 0. The average molecular weight is 714 g/mol. The summed E-state index contributed by atoms with van der Waals surface area (Å²) in [5.74, 6) is 0. The van der Waals surface area contributed by atoms with Crippen LogP contribution < -0.4 is 4.90 Å². The van der Waals surface area contributed by atoms with Crippen LogP contribution in [0.25, 0.3) is 76.5 Å². The minimum atomic E-state index is -0.100. The third-order valence-corrected chi connectivity index (χ3v) is 12.2. The van der Waals surface area contributed by atoms with E-state index in [0.29, 0.717) is 0 Å². The molecule has 56 heavy (non-hydrogen) atoms. The number of hydrogen-bond acceptors (Lipinski definition) is 1. The molecule has 0 amide bonds. The van der Waals surface area contributed by atoms with Crippen molar-refractivity contribution in [3.05, 3.63) is 211 Å². The van der Waals surface area contributed by atoms with Crippen LogP contribution in [0.4, 0.5) is 17.1 Å². The Morgan fingerprint density at radius 1 is 0.339 bits per heavy atom. The van der Waals surface area contributed by atoms with Gasteiger partial charge in [0, 0.05) is 22.4 Å². The average Bonchev–Trinajstić information content (AvgIpc) is 3.49. The lowest BCUT2D eigenvalue weighted by Gasteiger charge is -2.29. The standard InChI is InChI=1S/C55H39N/c1-55(2)51-21-8-7-19-50(51)54-52(55)22-11-23-53(54)56(43-16-9-15-40(35-43)46-20-10-14-37-12-3-5-17-44(37)46)42-29-24-36(25-30-42)39-27-31-47-41(34-39)28-33-48-45-18-6-4-13-38(45)26-32-49(47)48/h3-35H,1-2H3. The third-order valence-electron chi connectivity index (χ3n) is 12.2. The van der Waals surface area contributed by atoms with E-state index in [1.807, 2.05) is 0 Å². The predicted molar refractivity (Wildman–Crippen MR) is 240 cm³/mol. The second kappa shape index (κ2) is 12.5. The van der Waals surface area contributed by atoms with E-state index in [2.05, 4.69) is 219 Å². The van der Waals surface area contributed by atoms with Gasteiger partial charge in [-0.1, -0.05) is 178 Å². The van der Waals surface area contributed by atoms with E-state index in [0.717, 1.165) is 11.4 Å². The molecule has 0 unspecified atom stereocenters. The summed E-state index contributed by atoms with van der Waals surface area (Å²) in [6, 6.07) is 74.0. The quantitative estimate of drug-likeness (QED) is 0.161. The first kappa shape index (κ1) is 32.5. The SMILES string of the molecule is CC1(C)c2ccccc2-c2c(N(c3ccc(-c4ccc5c(ccc6c7ccccc7ccc56)c4)cc3)c3cccc(-c4cccc5ccccc45)c3)cccc21. The molecule has 11 rings (SSSR count). The van der Waals surface area contributed by atoms with E-state index in [-0.39, 0.29) is 5.41 Å². The number of nitrogens with zero attached hydrogens (tertiary/aromatic N) is 1. The molecule has 0 aliphatic heterocycles. The Morgan fingerprint density at radius 3 is 1.77 bits per heavy atom. The molecule has 1 nitrogen and oxygen atoms in total. The highest BCUT2D eigenvalue weighted by Crippen LogP contribution is 2.54. The van der Waals surface area contributed by atoms with E-state index >= 15 is 0 Å². The summed E-state index contributed by atoms with van der Waals surface area (Å²) < 4.78 is 0. The highest BCUT2D eigenvalue weighted by molar-refractivity contribution is 6.17. The molecule has 10 aromatic carbocycles. The molecular weight excluding hydrogens is 675 g/mol. The smallest absolute Gasteiger partial charge is 0.0543 e. The molecule has 0 atom stereocenters. The number of anilines is 3. The third kappa shape index (κ3) is 5.01. The molecule has 0 spiro atoms. The van der Waals surface area contributed by atoms with Crippen molar-refractivity contribution in [3.63, 3.8) is 0 Å². The van der Waals surface area contributed by atoms with E-state index in [1.165, 1.54) is 93.3 Å². The van der Waals surface area contributed by atoms with Crippen molar-refractivity contribution in [2.24, 2.45) is 0 Å². The Kier molecular flexibility index (Phi) is 7.28. The fraction of sp³-hybridized carbons (Fsp3) is 0.0545. The van der Waals surface area contributed by atoms with Crippen molar-refractivity contribution < 1.29 is 0 Å². The Labute approximate surface area is 327 Å². The summed E-state index contributed by atoms with van der Waals surface area (Å²) in [7, 11) is 0. The summed E-state index contributed by atoms with van der Waals surface area (Å²) in [6.45, 7) is 4.71. The van der Waals surface area contributed by atoms with Crippen LogP contribution in [0.1, 0.15) is 25.0 Å². The highest BCUT2D eigenvalue weighted by Gasteiger charge is 2.37. The van der Waals surface area contributed by atoms with Gasteiger partial charge in [-0.2, -0.15) is 0 Å². The van der Waals surface area contributed by atoms with Crippen LogP contribution in [0.2, 0.25) is 0 Å². The maximum Gasteiger partial charge on any atom is 0.0543 e. The summed E-state index contributed by atoms with van der Waals surface area (Å²) >= 11 is 0. The van der Waals surface area contributed by atoms with Crippen LogP contribution in [0.15, 0.2) is 200 Å². The van der Waals surface area contributed by atoms with Gasteiger partial charge in [-0.25, -0.2) is 0 Å². The largest absolute Gasteiger partial charge is 0.310 e. The normalized spacial score (nSPS) is 13.0. The van der Waals surface area contributed by atoms with Gasteiger partial charge >= 0.3 is 0 Å². The van der Waals surface area contributed by atoms with E-state index < -0.39 is 0 Å². The van der Waals surface area contributed by atoms with Crippen molar-refractivity contribution in [1.29, 1.82) is 0 Å². The van der Waals surface area contributed by atoms with Crippen LogP contribution in [0.5, 0.6) is 0 Å². The van der Waals surface area contributed by atoms with Crippen molar-refractivity contribution in [2.45, 2.75) is 19.3 Å². The molecule has 0 saturated carbocycles. The lowest BCUT2D eigenvalue weighted by atomic mass is 9.82. The minimum Gasteiger partial charge on any atom is -0.310 e. The molecule has 1 aliphatic rings. The van der Waals surface area contributed by atoms with E-state index in [9.17, 15) is 0 Å². The maximum absolute atomic E-state index is 2.46. The summed E-state index contributed by atoms with van der Waals surface area (Å²) in [4.78, 5) is 2.46. The second-order valence-electron chi connectivity index (χ2n) is 15.7. The van der Waals surface area contributed by atoms with Crippen molar-refractivity contribution in [1.82, 2.24) is 0 Å². The van der Waals surface area contributed by atoms with Gasteiger partial charge in [0.2, 0.25) is 0 Å². The number of rotatable bonds is 5. The molecule has 0 bridgehead atoms. The zero-order valence-electron chi connectivity index (χ0n) is 31.5. The minimum absolute atomic E-state index is 0.100. The maximum atomic E-state index is 2.46. The zero-order valence-corrected chi connectivity index (χ0v) is 31.5. The zero-order chi connectivity index (χ0) is 37.4. The molecule has 1 heteroatoms. The van der Waals surface area contributed by atoms with Gasteiger partial charge in [0.15, 0.2) is 0 Å². The van der Waals surface area contributed by atoms with Gasteiger partial charge in [0.1, 0.15) is 0 Å². The van der Waals surface area contributed by atoms with Gasteiger partial charge in [-0.15, -0.1) is 0 Å². The van der Waals surface area contributed by atoms with Crippen LogP contribution in [-0.2, 0) is 5.41 Å². The molecule has 10 aromatic rings. The predicted octanol–water partition coefficient (Wildman–Crippen LogP) is 15.4. The Balaban J connectivity index is 1.05. The molecule has 0 saturated heterocycles. The molecule has 0 radical (unpaired) electrons. The first-order valence-electron chi connectivity index (χ1n) is 19.6. The van der Waals surface area contributed by atoms with Crippen molar-refractivity contribution in [2.75, 3.05) is 4.90 Å². The van der Waals surface area contributed by atoms with Crippen molar-refractivity contribution >= 4 is 60.2 Å². The van der Waals surface area contributed by atoms with Gasteiger partial charge in [0.25, 0.3) is 0 Å². The first-order valence-corrected chi connectivity index (χ1v) is 19.6. The number of hydrogen-bond donors (Lipinski definition) is 0. The first-order chi connectivity index (χ1) is 27.5. The monoisotopic (exact) mass is 713 g/mol. The van der Waals surface area contributed by atoms with Gasteiger partial charge in [-0.05, 0) is 118 Å². The fourth-order valence-corrected chi connectivity index (χ4v) is 9.45. The molecular formula is C55H39N. The van der Waals surface area contributed by atoms with E-state index in [4.69, 9.17) is 0 Å². The van der Waals surface area contributed by atoms with Crippen LogP contribution >= 0.6 is 0 Å². The Morgan fingerprint density at radius 2 is 0.929 bits per heavy atom. The lowest BCUT2D eigenvalue weighted by molar-refractivity contribution is 0.660. The molecule has 0 fully saturated rings. The topological polar surface area (TPSA) is 3.24 Å². The lowest BCUT2D eigenvalue weighted by Crippen LogP contribution is -2.16. The fourth-order valence-electron chi connectivity index (χ4n) is 9.45. The second-order valence-corrected chi connectivity index (χ2v) is 15.7. The molecule has 0 N–H and O–H groups in total. The van der Waals surface area contributed by atoms with E-state index in [1.54, 1.807) is 0 Å². The molecule has 1 aliphatic carbocycles. The Hall–Kier alpha value is -6.96. The van der Waals surface area contributed by atoms with Crippen LogP contribution in [-0.4, -0.2) is 0 Å². The molecule has 0 aromatic heterocycles. The molecule has 0 heterocycles. The van der Waals surface area contributed by atoms with Gasteiger partial charge in [-0.3, -0.25) is 0 Å². The summed E-state index contributed by atoms with van der Waals surface area (Å²) in [5.41, 5.74) is 13.5. The number of benzene rings is 10.